The summed E-state index contributed by atoms with van der Waals surface area (Å²) in [6.07, 6.45) is 9.12. The van der Waals surface area contributed by atoms with Gasteiger partial charge in [0.2, 0.25) is 0 Å². The molecule has 0 fully saturated rings. The van der Waals surface area contributed by atoms with Crippen LogP contribution < -0.4 is 9.80 Å². The lowest BCUT2D eigenvalue weighted by molar-refractivity contribution is 0.660. The van der Waals surface area contributed by atoms with Crippen molar-refractivity contribution in [3.8, 4) is 22.3 Å². The first-order chi connectivity index (χ1) is 38.2. The average molecular weight is 999 g/mol. The summed E-state index contributed by atoms with van der Waals surface area (Å²) in [6.45, 7) is 9.49. The maximum Gasteiger partial charge on any atom is 0.0465 e. The van der Waals surface area contributed by atoms with Gasteiger partial charge >= 0.3 is 0 Å². The zero-order chi connectivity index (χ0) is 52.5. The van der Waals surface area contributed by atoms with Crippen LogP contribution >= 0.6 is 0 Å². The van der Waals surface area contributed by atoms with Gasteiger partial charge in [0, 0.05) is 45.0 Å². The second-order valence-electron chi connectivity index (χ2n) is 22.2. The Kier molecular flexibility index (Phi) is 11.2. The summed E-state index contributed by atoms with van der Waals surface area (Å²) >= 11 is 0. The lowest BCUT2D eigenvalue weighted by atomic mass is 9.81. The molecule has 0 radical (unpaired) electrons. The van der Waals surface area contributed by atoms with E-state index in [0.717, 1.165) is 34.1 Å². The van der Waals surface area contributed by atoms with Crippen molar-refractivity contribution >= 4 is 90.7 Å². The molecular formula is C76H58N2. The van der Waals surface area contributed by atoms with Crippen LogP contribution in [0.25, 0.3) is 78.9 Å². The van der Waals surface area contributed by atoms with Crippen molar-refractivity contribution in [3.63, 3.8) is 0 Å². The summed E-state index contributed by atoms with van der Waals surface area (Å²) in [7, 11) is 0. The number of hydrogen-bond donors (Lipinski definition) is 0. The van der Waals surface area contributed by atoms with Crippen LogP contribution in [-0.4, -0.2) is 0 Å². The summed E-state index contributed by atoms with van der Waals surface area (Å²) in [5, 5.41) is 7.61. The average Bonchev–Trinajstić information content (AvgIpc) is 4.09. The van der Waals surface area contributed by atoms with Crippen molar-refractivity contribution in [2.24, 2.45) is 0 Å². The lowest BCUT2D eigenvalue weighted by Crippen LogP contribution is -2.16. The Labute approximate surface area is 458 Å². The van der Waals surface area contributed by atoms with Crippen LogP contribution in [0.5, 0.6) is 0 Å². The highest BCUT2D eigenvalue weighted by Gasteiger charge is 2.37. The molecule has 0 spiro atoms. The second kappa shape index (κ2) is 18.7. The zero-order valence-corrected chi connectivity index (χ0v) is 44.5. The third-order valence-electron chi connectivity index (χ3n) is 16.8. The third-order valence-corrected chi connectivity index (χ3v) is 16.8. The van der Waals surface area contributed by atoms with Crippen LogP contribution in [0.15, 0.2) is 255 Å². The maximum absolute atomic E-state index is 2.40. The number of anilines is 6. The molecule has 2 nitrogen and oxygen atoms in total. The van der Waals surface area contributed by atoms with Gasteiger partial charge in [-0.05, 0) is 184 Å². The van der Waals surface area contributed by atoms with Crippen LogP contribution in [0.4, 0.5) is 34.1 Å². The Morgan fingerprint density at radius 2 is 0.500 bits per heavy atom. The van der Waals surface area contributed by atoms with E-state index in [-0.39, 0.29) is 10.8 Å². The van der Waals surface area contributed by atoms with E-state index in [2.05, 4.69) is 317 Å². The van der Waals surface area contributed by atoms with Gasteiger partial charge in [0.1, 0.15) is 0 Å². The van der Waals surface area contributed by atoms with Crippen molar-refractivity contribution in [2.75, 3.05) is 9.80 Å². The summed E-state index contributed by atoms with van der Waals surface area (Å²) in [6, 6.07) is 93.6. The monoisotopic (exact) mass is 998 g/mol. The predicted octanol–water partition coefficient (Wildman–Crippen LogP) is 21.0. The smallest absolute Gasteiger partial charge is 0.0465 e. The van der Waals surface area contributed by atoms with E-state index in [9.17, 15) is 0 Å². The molecule has 12 aromatic carbocycles. The quantitative estimate of drug-likeness (QED) is 0.0995. The van der Waals surface area contributed by atoms with E-state index >= 15 is 0 Å². The first-order valence-corrected chi connectivity index (χ1v) is 27.3. The van der Waals surface area contributed by atoms with Crippen molar-refractivity contribution in [3.05, 3.63) is 299 Å². The summed E-state index contributed by atoms with van der Waals surface area (Å²) in [4.78, 5) is 4.71. The van der Waals surface area contributed by atoms with Gasteiger partial charge in [-0.25, -0.2) is 0 Å². The third kappa shape index (κ3) is 7.94. The minimum Gasteiger partial charge on any atom is -0.310 e. The fourth-order valence-corrected chi connectivity index (χ4v) is 12.8. The van der Waals surface area contributed by atoms with Crippen molar-refractivity contribution in [1.29, 1.82) is 0 Å². The number of nitrogens with zero attached hydrogens (tertiary/aromatic N) is 2. The Balaban J connectivity index is 0.734. The molecule has 0 heterocycles. The van der Waals surface area contributed by atoms with Gasteiger partial charge in [-0.15, -0.1) is 0 Å². The lowest BCUT2D eigenvalue weighted by Gasteiger charge is -2.28. The Morgan fingerprint density at radius 1 is 0.231 bits per heavy atom. The Morgan fingerprint density at radius 3 is 0.846 bits per heavy atom. The molecule has 2 heteroatoms. The molecule has 0 amide bonds. The number of para-hydroxylation sites is 4. The van der Waals surface area contributed by atoms with Gasteiger partial charge in [-0.1, -0.05) is 222 Å². The first kappa shape index (κ1) is 47.0. The molecule has 372 valence electrons. The standard InChI is InChI=1S/C76H58N2/c1-75(2)71-47-53(35-41-65(71)67-43-37-59(49-73(67)75)77(55-19-9-5-10-20-55)56-21-11-6-12-22-56)31-29-51-33-39-63-64-40-34-52(46-70(64)62-28-18-17-27-61(62)69(63)45-51)30-32-54-36-42-66-68-44-38-60(50-74(68)76(3,4)72(66)48-54)78(57-23-13-7-14-24-57)58-25-15-8-16-26-58/h5-50H,1-4H3. The first-order valence-electron chi connectivity index (χ1n) is 27.3. The molecule has 0 saturated carbocycles. The molecule has 2 aliphatic carbocycles. The van der Waals surface area contributed by atoms with Gasteiger partial charge in [0.15, 0.2) is 0 Å². The Hall–Kier alpha value is -9.50. The minimum absolute atomic E-state index is 0.171. The molecular weight excluding hydrogens is 941 g/mol. The fraction of sp³-hybridized carbons (Fsp3) is 0.0789. The van der Waals surface area contributed by atoms with Crippen molar-refractivity contribution < 1.29 is 0 Å². The number of rotatable bonds is 10. The Bertz CT molecular complexity index is 3980. The largest absolute Gasteiger partial charge is 0.310 e. The highest BCUT2D eigenvalue weighted by atomic mass is 15.1. The molecule has 12 aromatic rings. The molecule has 0 bridgehead atoms. The molecule has 0 aliphatic heterocycles. The summed E-state index contributed by atoms with van der Waals surface area (Å²) < 4.78 is 0. The topological polar surface area (TPSA) is 6.48 Å². The van der Waals surface area contributed by atoms with Gasteiger partial charge in [0.05, 0.1) is 0 Å². The van der Waals surface area contributed by atoms with E-state index in [0.29, 0.717) is 0 Å². The molecule has 0 aromatic heterocycles. The van der Waals surface area contributed by atoms with Crippen LogP contribution in [0.1, 0.15) is 72.2 Å². The SMILES string of the molecule is CC1(C)c2cc(C=Cc3ccc4c5ccc(C=Cc6ccc7c(c6)C(C)(C)c6cc(N(c8ccccc8)c8ccccc8)ccc6-7)cc5c5ccccc5c4c3)ccc2-c2ccc(N(c3ccccc3)c3ccccc3)cc21. The van der Waals surface area contributed by atoms with Gasteiger partial charge in [-0.3, -0.25) is 0 Å². The molecule has 0 unspecified atom stereocenters. The summed E-state index contributed by atoms with van der Waals surface area (Å²) in [5.74, 6) is 0. The van der Waals surface area contributed by atoms with Gasteiger partial charge < -0.3 is 9.80 Å². The number of fused-ring (bicyclic) bond motifs is 12. The second-order valence-corrected chi connectivity index (χ2v) is 22.2. The van der Waals surface area contributed by atoms with E-state index in [1.54, 1.807) is 0 Å². The number of hydrogen-bond acceptors (Lipinski definition) is 2. The highest BCUT2D eigenvalue weighted by Crippen LogP contribution is 2.53. The maximum atomic E-state index is 2.40. The van der Waals surface area contributed by atoms with Crippen LogP contribution in [-0.2, 0) is 10.8 Å². The van der Waals surface area contributed by atoms with Crippen LogP contribution in [0.3, 0.4) is 0 Å². The molecule has 0 N–H and O–H groups in total. The summed E-state index contributed by atoms with van der Waals surface area (Å²) in [5.41, 5.74) is 22.0. The van der Waals surface area contributed by atoms with E-state index < -0.39 is 0 Å². The molecule has 78 heavy (non-hydrogen) atoms. The van der Waals surface area contributed by atoms with E-state index in [1.807, 2.05) is 0 Å². The van der Waals surface area contributed by atoms with Crippen molar-refractivity contribution in [2.45, 2.75) is 38.5 Å². The molecule has 14 rings (SSSR count). The molecule has 0 atom stereocenters. The zero-order valence-electron chi connectivity index (χ0n) is 44.5. The van der Waals surface area contributed by atoms with Crippen LogP contribution in [0, 0.1) is 0 Å². The van der Waals surface area contributed by atoms with Crippen molar-refractivity contribution in [1.82, 2.24) is 0 Å². The van der Waals surface area contributed by atoms with Gasteiger partial charge in [-0.2, -0.15) is 0 Å². The van der Waals surface area contributed by atoms with E-state index in [4.69, 9.17) is 0 Å². The molecule has 0 saturated heterocycles. The highest BCUT2D eigenvalue weighted by molar-refractivity contribution is 6.26. The normalized spacial score (nSPS) is 13.7. The predicted molar refractivity (Wildman–Crippen MR) is 334 cm³/mol. The van der Waals surface area contributed by atoms with Crippen LogP contribution in [0.2, 0.25) is 0 Å². The van der Waals surface area contributed by atoms with Gasteiger partial charge in [0.25, 0.3) is 0 Å². The van der Waals surface area contributed by atoms with E-state index in [1.165, 1.54) is 99.1 Å². The fourth-order valence-electron chi connectivity index (χ4n) is 12.8. The minimum atomic E-state index is -0.171. The number of benzene rings is 12. The molecule has 2 aliphatic rings.